The van der Waals surface area contributed by atoms with Gasteiger partial charge in [0.1, 0.15) is 5.69 Å². The fourth-order valence-electron chi connectivity index (χ4n) is 4.45. The van der Waals surface area contributed by atoms with Crippen molar-refractivity contribution in [2.45, 2.75) is 31.6 Å². The number of ether oxygens (including phenoxy) is 1. The van der Waals surface area contributed by atoms with E-state index in [-0.39, 0.29) is 30.2 Å². The van der Waals surface area contributed by atoms with Crippen LogP contribution in [0.15, 0.2) is 48.5 Å². The van der Waals surface area contributed by atoms with Crippen LogP contribution in [0.3, 0.4) is 0 Å². The zero-order valence-electron chi connectivity index (χ0n) is 18.3. The Balaban J connectivity index is 1.55. The molecule has 0 saturated heterocycles. The number of fused-ring (bicyclic) bond motifs is 1. The number of anilines is 1. The topological polar surface area (TPSA) is 84.7 Å². The van der Waals surface area contributed by atoms with Gasteiger partial charge in [0, 0.05) is 28.2 Å². The normalized spacial score (nSPS) is 16.5. The summed E-state index contributed by atoms with van der Waals surface area (Å²) in [6, 6.07) is 14.8. The Labute approximate surface area is 196 Å². The highest BCUT2D eigenvalue weighted by Gasteiger charge is 2.43. The molecule has 1 aliphatic heterocycles. The van der Waals surface area contributed by atoms with Gasteiger partial charge in [-0.15, -0.1) is 0 Å². The van der Waals surface area contributed by atoms with E-state index in [4.69, 9.17) is 16.3 Å². The number of carbonyl (C=O) groups excluding carboxylic acids is 2. The van der Waals surface area contributed by atoms with Crippen LogP contribution in [0.5, 0.6) is 0 Å². The number of aliphatic hydroxyl groups is 1. The lowest BCUT2D eigenvalue weighted by Crippen LogP contribution is -2.39. The highest BCUT2D eigenvalue weighted by molar-refractivity contribution is 6.30. The lowest BCUT2D eigenvalue weighted by molar-refractivity contribution is 0.0517. The number of amides is 1. The molecule has 2 aromatic carbocycles. The number of aromatic nitrogens is 2. The summed E-state index contributed by atoms with van der Waals surface area (Å²) in [6.45, 7) is 2.51. The summed E-state index contributed by atoms with van der Waals surface area (Å²) in [4.78, 5) is 28.0. The van der Waals surface area contributed by atoms with Crippen molar-refractivity contribution in [1.29, 1.82) is 0 Å². The molecular formula is C25H24ClN3O4. The van der Waals surface area contributed by atoms with Crippen molar-refractivity contribution >= 4 is 29.2 Å². The standard InChI is InChI=1S/C25H24ClN3O4/c1-2-33-24(32)21-20-10-13-28(18-8-6-16(7-9-18)25(15-30)11-12-25)23(31)22(20)29(27-21)19-5-3-4-17(26)14-19/h3-9,14,30H,2,10-13,15H2,1H3. The molecule has 7 nitrogen and oxygen atoms in total. The first-order chi connectivity index (χ1) is 16.0. The Kier molecular flexibility index (Phi) is 5.46. The second-order valence-corrected chi connectivity index (χ2v) is 8.92. The van der Waals surface area contributed by atoms with E-state index in [1.54, 1.807) is 36.1 Å². The number of benzene rings is 2. The molecule has 8 heteroatoms. The molecule has 2 heterocycles. The summed E-state index contributed by atoms with van der Waals surface area (Å²) in [5, 5.41) is 14.7. The summed E-state index contributed by atoms with van der Waals surface area (Å²) < 4.78 is 6.68. The summed E-state index contributed by atoms with van der Waals surface area (Å²) >= 11 is 6.18. The molecule has 2 aliphatic rings. The zero-order chi connectivity index (χ0) is 23.2. The van der Waals surface area contributed by atoms with Crippen molar-refractivity contribution in [2.75, 3.05) is 24.7 Å². The van der Waals surface area contributed by atoms with E-state index in [0.717, 1.165) is 24.1 Å². The predicted molar refractivity (Wildman–Crippen MR) is 124 cm³/mol. The van der Waals surface area contributed by atoms with Crippen molar-refractivity contribution in [3.63, 3.8) is 0 Å². The Bertz CT molecular complexity index is 1230. The maximum atomic E-state index is 13.7. The number of rotatable bonds is 6. The quantitative estimate of drug-likeness (QED) is 0.557. The number of hydrogen-bond donors (Lipinski definition) is 1. The second-order valence-electron chi connectivity index (χ2n) is 8.48. The van der Waals surface area contributed by atoms with E-state index >= 15 is 0 Å². The average molecular weight is 466 g/mol. The van der Waals surface area contributed by atoms with Gasteiger partial charge >= 0.3 is 5.97 Å². The molecular weight excluding hydrogens is 442 g/mol. The minimum absolute atomic E-state index is 0.128. The molecule has 1 aliphatic carbocycles. The summed E-state index contributed by atoms with van der Waals surface area (Å²) in [6.07, 6.45) is 2.42. The van der Waals surface area contributed by atoms with Gasteiger partial charge in [-0.1, -0.05) is 29.8 Å². The Morgan fingerprint density at radius 1 is 1.18 bits per heavy atom. The molecule has 0 radical (unpaired) electrons. The number of esters is 1. The summed E-state index contributed by atoms with van der Waals surface area (Å²) in [5.74, 6) is -0.783. The van der Waals surface area contributed by atoms with Crippen LogP contribution in [0.1, 0.15) is 51.9 Å². The van der Waals surface area contributed by atoms with Crippen molar-refractivity contribution in [2.24, 2.45) is 0 Å². The first-order valence-electron chi connectivity index (χ1n) is 11.1. The van der Waals surface area contributed by atoms with Crippen LogP contribution >= 0.6 is 11.6 Å². The smallest absolute Gasteiger partial charge is 0.359 e. The van der Waals surface area contributed by atoms with Gasteiger partial charge in [-0.05, 0) is 62.1 Å². The molecule has 1 N–H and O–H groups in total. The minimum Gasteiger partial charge on any atom is -0.461 e. The maximum absolute atomic E-state index is 13.7. The number of halogens is 1. The third kappa shape index (κ3) is 3.71. The highest BCUT2D eigenvalue weighted by atomic mass is 35.5. The highest BCUT2D eigenvalue weighted by Crippen LogP contribution is 2.48. The molecule has 170 valence electrons. The number of carbonyl (C=O) groups is 2. The van der Waals surface area contributed by atoms with Crippen LogP contribution in [-0.4, -0.2) is 46.5 Å². The van der Waals surface area contributed by atoms with Crippen molar-refractivity contribution in [3.05, 3.63) is 76.1 Å². The molecule has 1 saturated carbocycles. The van der Waals surface area contributed by atoms with Gasteiger partial charge < -0.3 is 14.7 Å². The van der Waals surface area contributed by atoms with Crippen molar-refractivity contribution in [3.8, 4) is 5.69 Å². The number of hydrogen-bond acceptors (Lipinski definition) is 5. The van der Waals surface area contributed by atoms with Crippen LogP contribution < -0.4 is 4.90 Å². The third-order valence-electron chi connectivity index (χ3n) is 6.49. The second kappa shape index (κ2) is 8.32. The van der Waals surface area contributed by atoms with E-state index in [1.807, 2.05) is 24.3 Å². The van der Waals surface area contributed by atoms with E-state index in [0.29, 0.717) is 34.9 Å². The van der Waals surface area contributed by atoms with Crippen molar-refractivity contribution < 1.29 is 19.4 Å². The molecule has 0 bridgehead atoms. The van der Waals surface area contributed by atoms with Gasteiger partial charge in [0.25, 0.3) is 5.91 Å². The number of aliphatic hydroxyl groups excluding tert-OH is 1. The van der Waals surface area contributed by atoms with Gasteiger partial charge in [0.15, 0.2) is 5.69 Å². The van der Waals surface area contributed by atoms with Crippen LogP contribution in [0, 0.1) is 0 Å². The van der Waals surface area contributed by atoms with Gasteiger partial charge in [0.2, 0.25) is 0 Å². The fraction of sp³-hybridized carbons (Fsp3) is 0.320. The fourth-order valence-corrected chi connectivity index (χ4v) is 4.63. The van der Waals surface area contributed by atoms with E-state index in [9.17, 15) is 14.7 Å². The first-order valence-corrected chi connectivity index (χ1v) is 11.4. The minimum atomic E-state index is -0.543. The molecule has 3 aromatic rings. The molecule has 1 aromatic heterocycles. The lowest BCUT2D eigenvalue weighted by Gasteiger charge is -2.28. The lowest BCUT2D eigenvalue weighted by atomic mass is 9.96. The largest absolute Gasteiger partial charge is 0.461 e. The SMILES string of the molecule is CCOC(=O)c1nn(-c2cccc(Cl)c2)c2c1CCN(c1ccc(C3(CO)CC3)cc1)C2=O. The van der Waals surface area contributed by atoms with E-state index in [1.165, 1.54) is 4.68 Å². The predicted octanol–water partition coefficient (Wildman–Crippen LogP) is 3.93. The van der Waals surface area contributed by atoms with Crippen LogP contribution in [0.4, 0.5) is 5.69 Å². The van der Waals surface area contributed by atoms with Gasteiger partial charge in [0.05, 0.1) is 18.9 Å². The monoisotopic (exact) mass is 465 g/mol. The maximum Gasteiger partial charge on any atom is 0.359 e. The Hall–Kier alpha value is -3.16. The molecule has 1 fully saturated rings. The van der Waals surface area contributed by atoms with E-state index < -0.39 is 5.97 Å². The third-order valence-corrected chi connectivity index (χ3v) is 6.72. The molecule has 5 rings (SSSR count). The average Bonchev–Trinajstić information content (AvgIpc) is 3.53. The van der Waals surface area contributed by atoms with Crippen LogP contribution in [0.25, 0.3) is 5.69 Å². The summed E-state index contributed by atoms with van der Waals surface area (Å²) in [7, 11) is 0. The Morgan fingerprint density at radius 3 is 2.58 bits per heavy atom. The van der Waals surface area contributed by atoms with Crippen LogP contribution in [-0.2, 0) is 16.6 Å². The number of nitrogens with zero attached hydrogens (tertiary/aromatic N) is 3. The van der Waals surface area contributed by atoms with Crippen LogP contribution in [0.2, 0.25) is 5.02 Å². The molecule has 0 atom stereocenters. The van der Waals surface area contributed by atoms with Crippen molar-refractivity contribution in [1.82, 2.24) is 9.78 Å². The zero-order valence-corrected chi connectivity index (χ0v) is 19.0. The molecule has 1 amide bonds. The van der Waals surface area contributed by atoms with Gasteiger partial charge in [-0.25, -0.2) is 9.48 Å². The Morgan fingerprint density at radius 2 is 1.94 bits per heavy atom. The van der Waals surface area contributed by atoms with Gasteiger partial charge in [-0.3, -0.25) is 4.79 Å². The first kappa shape index (κ1) is 21.7. The van der Waals surface area contributed by atoms with Gasteiger partial charge in [-0.2, -0.15) is 5.10 Å². The summed E-state index contributed by atoms with van der Waals surface area (Å²) in [5.41, 5.74) is 3.41. The molecule has 33 heavy (non-hydrogen) atoms. The molecule has 0 spiro atoms. The molecule has 0 unspecified atom stereocenters. The van der Waals surface area contributed by atoms with E-state index in [2.05, 4.69) is 5.10 Å².